The Hall–Kier alpha value is 0.530. The van der Waals surface area contributed by atoms with E-state index in [1.807, 2.05) is 0 Å². The minimum absolute atomic E-state index is 0.575. The number of halogens is 4. The van der Waals surface area contributed by atoms with Gasteiger partial charge in [-0.25, -0.2) is 0 Å². The zero-order chi connectivity index (χ0) is 13.0. The van der Waals surface area contributed by atoms with Crippen LogP contribution in [0, 0.1) is 0 Å². The second-order valence-corrected chi connectivity index (χ2v) is 6.63. The Morgan fingerprint density at radius 3 is 1.12 bits per heavy atom. The Morgan fingerprint density at radius 1 is 0.688 bits per heavy atom. The molecule has 0 fully saturated rings. The highest BCUT2D eigenvalue weighted by molar-refractivity contribution is 9.13. The largest absolute Gasteiger partial charge is 0.480 e. The number of alkyl halides is 4. The number of carbonyl (C=O) groups excluding carboxylic acids is 1. The third-order valence-electron chi connectivity index (χ3n) is 1.53. The van der Waals surface area contributed by atoms with Crippen LogP contribution in [0.25, 0.3) is 0 Å². The van der Waals surface area contributed by atoms with Crippen LogP contribution in [0.1, 0.15) is 0 Å². The van der Waals surface area contributed by atoms with E-state index < -0.39 is 37.0 Å². The molecule has 0 spiro atoms. The molecule has 92 valence electrons. The van der Waals surface area contributed by atoms with E-state index in [0.29, 0.717) is 0 Å². The summed E-state index contributed by atoms with van der Waals surface area (Å²) < 4.78 is 0. The quantitative estimate of drug-likeness (QED) is 0.555. The Labute approximate surface area is 124 Å². The molecule has 2 N–H and O–H groups in total. The summed E-state index contributed by atoms with van der Waals surface area (Å²) in [5.41, 5.74) is 0. The van der Waals surface area contributed by atoms with Crippen LogP contribution in [0.15, 0.2) is 0 Å². The lowest BCUT2D eigenvalue weighted by Gasteiger charge is -2.17. The molecule has 4 unspecified atom stereocenters. The van der Waals surface area contributed by atoms with Crippen molar-refractivity contribution in [3.8, 4) is 0 Å². The summed E-state index contributed by atoms with van der Waals surface area (Å²) in [4.78, 5) is 28.6. The molecule has 16 heavy (non-hydrogen) atoms. The van der Waals surface area contributed by atoms with Gasteiger partial charge in [0.2, 0.25) is 0 Å². The van der Waals surface area contributed by atoms with E-state index in [0.717, 1.165) is 0 Å². The third-order valence-corrected chi connectivity index (χ3v) is 6.75. The number of hydrogen-bond donors (Lipinski definition) is 2. The van der Waals surface area contributed by atoms with Gasteiger partial charge in [-0.2, -0.15) is 0 Å². The van der Waals surface area contributed by atoms with Crippen molar-refractivity contribution in [2.75, 3.05) is 0 Å². The highest BCUT2D eigenvalue weighted by Gasteiger charge is 2.37. The lowest BCUT2D eigenvalue weighted by Crippen LogP contribution is -2.40. The highest BCUT2D eigenvalue weighted by Crippen LogP contribution is 2.24. The number of carboxylic acids is 2. The summed E-state index contributed by atoms with van der Waals surface area (Å²) in [6.45, 7) is 0. The standard InChI is InChI=1S/C7H6Br4O5/c8-1(3(10)6(13)14)5(12)2(9)4(11)7(15)16/h1-4H,(H,13,14)(H,15,16). The fourth-order valence-electron chi connectivity index (χ4n) is 0.691. The molecule has 0 heterocycles. The SMILES string of the molecule is O=C(O)C(Br)C(Br)C(=O)C(Br)C(Br)C(=O)O. The minimum Gasteiger partial charge on any atom is -0.480 e. The number of Topliss-reactive ketones (excluding diaryl/α,β-unsaturated/α-hetero) is 1. The van der Waals surface area contributed by atoms with Crippen molar-refractivity contribution < 1.29 is 24.6 Å². The first-order chi connectivity index (χ1) is 7.20. The molecular formula is C7H6Br4O5. The maximum Gasteiger partial charge on any atom is 0.318 e. The Bertz CT molecular complexity index is 279. The number of ketones is 1. The molecule has 0 aromatic heterocycles. The predicted molar refractivity (Wildman–Crippen MR) is 71.1 cm³/mol. The van der Waals surface area contributed by atoms with Crippen LogP contribution in [0.4, 0.5) is 0 Å². The van der Waals surface area contributed by atoms with Crippen molar-refractivity contribution in [3.05, 3.63) is 0 Å². The maximum absolute atomic E-state index is 11.7. The van der Waals surface area contributed by atoms with Crippen LogP contribution in [-0.2, 0) is 14.4 Å². The van der Waals surface area contributed by atoms with Crippen molar-refractivity contribution in [3.63, 3.8) is 0 Å². The van der Waals surface area contributed by atoms with E-state index in [1.165, 1.54) is 0 Å². The van der Waals surface area contributed by atoms with Crippen LogP contribution in [0.2, 0.25) is 0 Å². The summed E-state index contributed by atoms with van der Waals surface area (Å²) in [5.74, 6) is -3.00. The highest BCUT2D eigenvalue weighted by atomic mass is 79.9. The maximum atomic E-state index is 11.7. The molecule has 0 aliphatic carbocycles. The molecule has 0 aromatic carbocycles. The van der Waals surface area contributed by atoms with Gasteiger partial charge in [0.15, 0.2) is 5.78 Å². The van der Waals surface area contributed by atoms with Gasteiger partial charge in [0.1, 0.15) is 9.65 Å². The predicted octanol–water partition coefficient (Wildman–Crippen LogP) is 1.78. The summed E-state index contributed by atoms with van der Waals surface area (Å²) in [6.07, 6.45) is 0. The monoisotopic (exact) mass is 486 g/mol. The normalized spacial score (nSPS) is 18.2. The van der Waals surface area contributed by atoms with Gasteiger partial charge in [0.05, 0.1) is 9.65 Å². The molecule has 4 atom stereocenters. The van der Waals surface area contributed by atoms with Crippen molar-refractivity contribution in [1.82, 2.24) is 0 Å². The Kier molecular flexibility index (Phi) is 7.31. The summed E-state index contributed by atoms with van der Waals surface area (Å²) in [7, 11) is 0. The lowest BCUT2D eigenvalue weighted by atomic mass is 10.1. The molecule has 0 saturated heterocycles. The first-order valence-electron chi connectivity index (χ1n) is 3.75. The van der Waals surface area contributed by atoms with E-state index in [4.69, 9.17) is 10.2 Å². The third kappa shape index (κ3) is 4.42. The van der Waals surface area contributed by atoms with E-state index in [2.05, 4.69) is 63.7 Å². The molecule has 9 heteroatoms. The van der Waals surface area contributed by atoms with E-state index in [1.54, 1.807) is 0 Å². The van der Waals surface area contributed by atoms with Gasteiger partial charge >= 0.3 is 11.9 Å². The van der Waals surface area contributed by atoms with Crippen molar-refractivity contribution in [2.45, 2.75) is 19.3 Å². The van der Waals surface area contributed by atoms with Gasteiger partial charge in [-0.3, -0.25) is 14.4 Å². The second-order valence-electron chi connectivity index (χ2n) is 2.69. The van der Waals surface area contributed by atoms with Gasteiger partial charge in [-0.15, -0.1) is 0 Å². The topological polar surface area (TPSA) is 91.7 Å². The van der Waals surface area contributed by atoms with Gasteiger partial charge in [-0.1, -0.05) is 63.7 Å². The first kappa shape index (κ1) is 16.5. The van der Waals surface area contributed by atoms with Gasteiger partial charge in [-0.05, 0) is 0 Å². The van der Waals surface area contributed by atoms with Gasteiger partial charge in [0, 0.05) is 0 Å². The molecule has 0 aliphatic heterocycles. The first-order valence-corrected chi connectivity index (χ1v) is 7.42. The Morgan fingerprint density at radius 2 is 0.938 bits per heavy atom. The summed E-state index contributed by atoms with van der Waals surface area (Å²) >= 11 is 11.4. The molecule has 0 saturated carbocycles. The molecular weight excluding hydrogens is 484 g/mol. The molecule has 0 amide bonds. The van der Waals surface area contributed by atoms with Gasteiger partial charge in [0.25, 0.3) is 0 Å². The number of aliphatic carboxylic acids is 2. The molecule has 0 aromatic rings. The van der Waals surface area contributed by atoms with Crippen LogP contribution in [0.3, 0.4) is 0 Å². The number of rotatable bonds is 6. The zero-order valence-electron chi connectivity index (χ0n) is 7.44. The second kappa shape index (κ2) is 7.07. The van der Waals surface area contributed by atoms with Gasteiger partial charge < -0.3 is 10.2 Å². The van der Waals surface area contributed by atoms with Crippen molar-refractivity contribution >= 4 is 81.4 Å². The smallest absolute Gasteiger partial charge is 0.318 e. The fraction of sp³-hybridized carbons (Fsp3) is 0.571. The average molecular weight is 490 g/mol. The summed E-state index contributed by atoms with van der Waals surface area (Å²) in [5, 5.41) is 17.3. The molecule has 5 nitrogen and oxygen atoms in total. The van der Waals surface area contributed by atoms with E-state index in [9.17, 15) is 14.4 Å². The van der Waals surface area contributed by atoms with Crippen LogP contribution in [0.5, 0.6) is 0 Å². The average Bonchev–Trinajstić information content (AvgIpc) is 2.23. The van der Waals surface area contributed by atoms with Crippen LogP contribution < -0.4 is 0 Å². The van der Waals surface area contributed by atoms with E-state index >= 15 is 0 Å². The zero-order valence-corrected chi connectivity index (χ0v) is 13.8. The summed E-state index contributed by atoms with van der Waals surface area (Å²) in [6, 6.07) is 0. The number of hydrogen-bond acceptors (Lipinski definition) is 3. The van der Waals surface area contributed by atoms with Crippen molar-refractivity contribution in [1.29, 1.82) is 0 Å². The molecule has 0 bridgehead atoms. The van der Waals surface area contributed by atoms with Crippen molar-refractivity contribution in [2.24, 2.45) is 0 Å². The molecule has 0 rings (SSSR count). The molecule has 0 aliphatic rings. The minimum atomic E-state index is -1.21. The molecule has 0 radical (unpaired) electrons. The van der Waals surface area contributed by atoms with Crippen LogP contribution >= 0.6 is 63.7 Å². The van der Waals surface area contributed by atoms with E-state index in [-0.39, 0.29) is 0 Å². The Balaban J connectivity index is 4.67. The fourth-order valence-corrected chi connectivity index (χ4v) is 2.59. The number of carboxylic acid groups (broad SMARTS) is 2. The number of carbonyl (C=O) groups is 3. The lowest BCUT2D eigenvalue weighted by molar-refractivity contribution is -0.137. The van der Waals surface area contributed by atoms with Crippen LogP contribution in [-0.4, -0.2) is 47.2 Å².